The molecule has 0 aromatic heterocycles. The van der Waals surface area contributed by atoms with E-state index < -0.39 is 34.0 Å². The fourth-order valence-electron chi connectivity index (χ4n) is 1.63. The molecule has 1 aromatic rings. The number of nitro benzene ring substituents is 1. The number of hydrogen-bond donors (Lipinski definition) is 3. The van der Waals surface area contributed by atoms with Gasteiger partial charge in [-0.3, -0.25) is 20.2 Å². The SMILES string of the molecule is COC(=O)/C=C1/S/C(=N\N=Cc2cc(O)c(O)cc2[N+](=O)[O-])NC1=O. The summed E-state index contributed by atoms with van der Waals surface area (Å²) in [7, 11) is 1.16. The molecule has 130 valence electrons. The highest BCUT2D eigenvalue weighted by molar-refractivity contribution is 8.18. The van der Waals surface area contributed by atoms with Gasteiger partial charge in [0.1, 0.15) is 0 Å². The van der Waals surface area contributed by atoms with Crippen molar-refractivity contribution < 1.29 is 29.5 Å². The molecule has 1 aromatic carbocycles. The van der Waals surface area contributed by atoms with Crippen LogP contribution in [0.1, 0.15) is 5.56 Å². The van der Waals surface area contributed by atoms with Crippen LogP contribution >= 0.6 is 11.8 Å². The zero-order valence-electron chi connectivity index (χ0n) is 12.5. The van der Waals surface area contributed by atoms with Gasteiger partial charge in [-0.1, -0.05) is 0 Å². The van der Waals surface area contributed by atoms with Crippen LogP contribution in [0.15, 0.2) is 33.3 Å². The Bertz CT molecular complexity index is 847. The first-order chi connectivity index (χ1) is 11.8. The summed E-state index contributed by atoms with van der Waals surface area (Å²) < 4.78 is 4.41. The van der Waals surface area contributed by atoms with Crippen molar-refractivity contribution >= 4 is 40.7 Å². The van der Waals surface area contributed by atoms with Gasteiger partial charge in [0.25, 0.3) is 11.6 Å². The third-order valence-electron chi connectivity index (χ3n) is 2.77. The van der Waals surface area contributed by atoms with Crippen LogP contribution in [0.4, 0.5) is 5.69 Å². The predicted molar refractivity (Wildman–Crippen MR) is 87.3 cm³/mol. The molecular weight excluding hydrogens is 356 g/mol. The zero-order chi connectivity index (χ0) is 18.6. The second-order valence-corrected chi connectivity index (χ2v) is 5.43. The quantitative estimate of drug-likeness (QED) is 0.174. The van der Waals surface area contributed by atoms with Crippen LogP contribution in [0.5, 0.6) is 11.5 Å². The summed E-state index contributed by atoms with van der Waals surface area (Å²) in [5.41, 5.74) is -0.599. The van der Waals surface area contributed by atoms with E-state index in [1.165, 1.54) is 0 Å². The minimum Gasteiger partial charge on any atom is -0.504 e. The largest absolute Gasteiger partial charge is 0.504 e. The summed E-state index contributed by atoms with van der Waals surface area (Å²) in [5, 5.41) is 39.3. The molecule has 0 aliphatic carbocycles. The number of nitro groups is 1. The Morgan fingerprint density at radius 1 is 1.40 bits per heavy atom. The Kier molecular flexibility index (Phi) is 5.34. The number of phenolic OH excluding ortho intramolecular Hbond substituents is 2. The molecule has 1 heterocycles. The number of ether oxygens (including phenoxy) is 1. The van der Waals surface area contributed by atoms with E-state index >= 15 is 0 Å². The summed E-state index contributed by atoms with van der Waals surface area (Å²) in [6, 6.07) is 1.72. The minimum atomic E-state index is -0.767. The predicted octanol–water partition coefficient (Wildman–Crippen LogP) is 0.616. The van der Waals surface area contributed by atoms with Crippen molar-refractivity contribution in [2.24, 2.45) is 10.2 Å². The maximum atomic E-state index is 11.6. The average Bonchev–Trinajstić information content (AvgIpc) is 2.89. The number of thioether (sulfide) groups is 1. The Morgan fingerprint density at radius 2 is 2.08 bits per heavy atom. The molecule has 3 N–H and O–H groups in total. The molecule has 1 aliphatic rings. The number of nitrogens with one attached hydrogen (secondary N) is 1. The molecule has 1 fully saturated rings. The fourth-order valence-corrected chi connectivity index (χ4v) is 2.37. The molecule has 0 atom stereocenters. The van der Waals surface area contributed by atoms with Gasteiger partial charge < -0.3 is 14.9 Å². The topological polar surface area (TPSA) is 164 Å². The molecule has 2 rings (SSSR count). The van der Waals surface area contributed by atoms with Gasteiger partial charge in [-0.2, -0.15) is 5.10 Å². The van der Waals surface area contributed by atoms with E-state index in [2.05, 4.69) is 20.3 Å². The van der Waals surface area contributed by atoms with Crippen molar-refractivity contribution in [1.82, 2.24) is 5.32 Å². The Labute approximate surface area is 143 Å². The fraction of sp³-hybridized carbons (Fsp3) is 0.0769. The van der Waals surface area contributed by atoms with E-state index in [9.17, 15) is 29.9 Å². The summed E-state index contributed by atoms with van der Waals surface area (Å²) in [6.07, 6.45) is 1.95. The normalized spacial score (nSPS) is 17.2. The van der Waals surface area contributed by atoms with Gasteiger partial charge in [0.2, 0.25) is 0 Å². The lowest BCUT2D eigenvalue weighted by atomic mass is 10.1. The lowest BCUT2D eigenvalue weighted by molar-refractivity contribution is -0.385. The van der Waals surface area contributed by atoms with Crippen LogP contribution in [-0.2, 0) is 14.3 Å². The van der Waals surface area contributed by atoms with E-state index in [1.54, 1.807) is 0 Å². The molecule has 0 spiro atoms. The third-order valence-corrected chi connectivity index (χ3v) is 3.67. The van der Waals surface area contributed by atoms with E-state index in [0.717, 1.165) is 43.3 Å². The number of nitrogens with zero attached hydrogens (tertiary/aromatic N) is 3. The molecule has 1 amide bonds. The van der Waals surface area contributed by atoms with Crippen molar-refractivity contribution in [3.05, 3.63) is 38.8 Å². The highest BCUT2D eigenvalue weighted by Gasteiger charge is 2.25. The van der Waals surface area contributed by atoms with E-state index in [-0.39, 0.29) is 15.6 Å². The molecular formula is C13H10N4O7S. The molecule has 0 unspecified atom stereocenters. The van der Waals surface area contributed by atoms with Crippen molar-refractivity contribution in [2.75, 3.05) is 7.11 Å². The van der Waals surface area contributed by atoms with E-state index in [1.807, 2.05) is 0 Å². The van der Waals surface area contributed by atoms with Crippen LogP contribution in [0.2, 0.25) is 0 Å². The summed E-state index contributed by atoms with van der Waals surface area (Å²) in [4.78, 5) is 32.9. The van der Waals surface area contributed by atoms with Gasteiger partial charge in [0.15, 0.2) is 16.7 Å². The molecule has 0 radical (unpaired) electrons. The van der Waals surface area contributed by atoms with Gasteiger partial charge in [-0.05, 0) is 17.8 Å². The summed E-state index contributed by atoms with van der Waals surface area (Å²) in [5.74, 6) is -2.49. The number of benzene rings is 1. The number of aromatic hydroxyl groups is 2. The van der Waals surface area contributed by atoms with Crippen LogP contribution in [0, 0.1) is 10.1 Å². The first-order valence-corrected chi connectivity index (χ1v) is 7.23. The molecule has 0 bridgehead atoms. The van der Waals surface area contributed by atoms with Crippen molar-refractivity contribution in [1.29, 1.82) is 0 Å². The van der Waals surface area contributed by atoms with Gasteiger partial charge in [0, 0.05) is 6.08 Å². The lowest BCUT2D eigenvalue weighted by Gasteiger charge is -2.00. The number of amidine groups is 1. The van der Waals surface area contributed by atoms with E-state index in [0.29, 0.717) is 0 Å². The summed E-state index contributed by atoms with van der Waals surface area (Å²) in [6.45, 7) is 0. The number of amides is 1. The molecule has 12 heteroatoms. The number of rotatable bonds is 4. The number of esters is 1. The number of methoxy groups -OCH3 is 1. The molecule has 1 aliphatic heterocycles. The minimum absolute atomic E-state index is 0.0436. The smallest absolute Gasteiger partial charge is 0.331 e. The monoisotopic (exact) mass is 366 g/mol. The standard InChI is InChI=1S/C13H10N4O7S/c1-24-11(20)4-10-12(21)15-13(25-10)16-14-5-6-2-8(18)9(19)3-7(6)17(22)23/h2-5,18-19H,1H3,(H,15,16,21)/b10-4+,14-5?. The third kappa shape index (κ3) is 4.32. The average molecular weight is 366 g/mol. The Hall–Kier alpha value is -3.41. The second kappa shape index (κ2) is 7.44. The highest BCUT2D eigenvalue weighted by Crippen LogP contribution is 2.31. The molecule has 25 heavy (non-hydrogen) atoms. The Morgan fingerprint density at radius 3 is 2.72 bits per heavy atom. The molecule has 11 nitrogen and oxygen atoms in total. The van der Waals surface area contributed by atoms with Crippen LogP contribution in [0.3, 0.4) is 0 Å². The first-order valence-electron chi connectivity index (χ1n) is 6.42. The van der Waals surface area contributed by atoms with Crippen molar-refractivity contribution in [2.45, 2.75) is 0 Å². The number of phenols is 2. The van der Waals surface area contributed by atoms with Gasteiger partial charge in [-0.25, -0.2) is 4.79 Å². The lowest BCUT2D eigenvalue weighted by Crippen LogP contribution is -2.19. The zero-order valence-corrected chi connectivity index (χ0v) is 13.3. The van der Waals surface area contributed by atoms with Gasteiger partial charge in [-0.15, -0.1) is 5.10 Å². The maximum Gasteiger partial charge on any atom is 0.331 e. The van der Waals surface area contributed by atoms with E-state index in [4.69, 9.17) is 0 Å². The maximum absolute atomic E-state index is 11.6. The molecule has 1 saturated heterocycles. The van der Waals surface area contributed by atoms with Crippen molar-refractivity contribution in [3.63, 3.8) is 0 Å². The van der Waals surface area contributed by atoms with Gasteiger partial charge >= 0.3 is 5.97 Å². The number of carbonyl (C=O) groups excluding carboxylic acids is 2. The highest BCUT2D eigenvalue weighted by atomic mass is 32.2. The van der Waals surface area contributed by atoms with Crippen LogP contribution < -0.4 is 5.32 Å². The first kappa shape index (κ1) is 17.9. The van der Waals surface area contributed by atoms with Crippen LogP contribution in [0.25, 0.3) is 0 Å². The number of carbonyl (C=O) groups is 2. The molecule has 0 saturated carbocycles. The number of hydrogen-bond acceptors (Lipinski definition) is 10. The second-order valence-electron chi connectivity index (χ2n) is 4.39. The summed E-state index contributed by atoms with van der Waals surface area (Å²) >= 11 is 0.826. The Balaban J connectivity index is 2.21. The van der Waals surface area contributed by atoms with Gasteiger partial charge in [0.05, 0.1) is 34.8 Å². The van der Waals surface area contributed by atoms with Crippen molar-refractivity contribution in [3.8, 4) is 11.5 Å². The van der Waals surface area contributed by atoms with Crippen LogP contribution in [-0.4, -0.2) is 45.5 Å².